The Bertz CT molecular complexity index is 551. The summed E-state index contributed by atoms with van der Waals surface area (Å²) in [5, 5.41) is 18.0. The maximum atomic E-state index is 12.1. The van der Waals surface area contributed by atoms with Gasteiger partial charge in [0.15, 0.2) is 0 Å². The van der Waals surface area contributed by atoms with Crippen LogP contribution in [0.4, 0.5) is 0 Å². The first-order valence-corrected chi connectivity index (χ1v) is 7.00. The fraction of sp³-hybridized carbons (Fsp3) is 0.462. The molecule has 0 aromatic carbocycles. The van der Waals surface area contributed by atoms with Crippen molar-refractivity contribution in [2.45, 2.75) is 33.2 Å². The summed E-state index contributed by atoms with van der Waals surface area (Å²) in [5.41, 5.74) is 3.97. The average Bonchev–Trinajstić information content (AvgIpc) is 3.02. The van der Waals surface area contributed by atoms with Crippen molar-refractivity contribution in [3.05, 3.63) is 23.7 Å². The predicted molar refractivity (Wildman–Crippen MR) is 80.9 cm³/mol. The maximum Gasteiger partial charge on any atom is 0.270 e. The van der Waals surface area contributed by atoms with Crippen LogP contribution in [0.15, 0.2) is 28.4 Å². The molecule has 1 unspecified atom stereocenters. The smallest absolute Gasteiger partial charge is 0.270 e. The van der Waals surface area contributed by atoms with Crippen molar-refractivity contribution in [3.8, 4) is 0 Å². The molecule has 1 atom stereocenters. The monoisotopic (exact) mass is 307 g/mol. The lowest BCUT2D eigenvalue weighted by Crippen LogP contribution is -2.41. The van der Waals surface area contributed by atoms with Crippen molar-refractivity contribution in [2.24, 2.45) is 10.4 Å². The summed E-state index contributed by atoms with van der Waals surface area (Å²) >= 11 is 0. The molecule has 3 N–H and O–H groups in total. The van der Waals surface area contributed by atoms with Gasteiger partial charge in [0.2, 0.25) is 6.41 Å². The SMILES string of the molecule is CC.CC1CC(c2ccn[nH]2)=C(N(C)/N=N\NC=O)C(=O)N1. The number of carbonyl (C=O) groups is 2. The quantitative estimate of drug-likeness (QED) is 0.428. The molecule has 1 aliphatic rings. The molecule has 1 aliphatic heterocycles. The van der Waals surface area contributed by atoms with Crippen molar-refractivity contribution in [2.75, 3.05) is 7.05 Å². The third-order valence-electron chi connectivity index (χ3n) is 2.83. The summed E-state index contributed by atoms with van der Waals surface area (Å²) in [6, 6.07) is 1.80. The molecule has 22 heavy (non-hydrogen) atoms. The summed E-state index contributed by atoms with van der Waals surface area (Å²) in [6.07, 6.45) is 2.65. The molecule has 0 aliphatic carbocycles. The van der Waals surface area contributed by atoms with E-state index < -0.39 is 0 Å². The van der Waals surface area contributed by atoms with Crippen LogP contribution in [0.1, 0.15) is 32.9 Å². The molecule has 2 amide bonds. The first-order valence-electron chi connectivity index (χ1n) is 7.00. The van der Waals surface area contributed by atoms with Crippen LogP contribution in [0.2, 0.25) is 0 Å². The number of aromatic nitrogens is 2. The van der Waals surface area contributed by atoms with Crippen molar-refractivity contribution in [1.29, 1.82) is 0 Å². The van der Waals surface area contributed by atoms with E-state index in [9.17, 15) is 9.59 Å². The highest BCUT2D eigenvalue weighted by Crippen LogP contribution is 2.27. The number of nitrogens with zero attached hydrogens (tertiary/aromatic N) is 4. The van der Waals surface area contributed by atoms with Crippen LogP contribution < -0.4 is 10.7 Å². The van der Waals surface area contributed by atoms with Crippen LogP contribution in [0.3, 0.4) is 0 Å². The molecule has 0 bridgehead atoms. The first-order chi connectivity index (χ1) is 10.6. The Hall–Kier alpha value is -2.71. The number of hydrogen-bond donors (Lipinski definition) is 3. The Balaban J connectivity index is 0.00000116. The van der Waals surface area contributed by atoms with Gasteiger partial charge in [-0.25, -0.2) is 10.4 Å². The van der Waals surface area contributed by atoms with Crippen LogP contribution in [0, 0.1) is 0 Å². The fourth-order valence-electron chi connectivity index (χ4n) is 2.05. The van der Waals surface area contributed by atoms with E-state index in [-0.39, 0.29) is 11.9 Å². The molecule has 2 heterocycles. The normalized spacial score (nSPS) is 17.6. The third-order valence-corrected chi connectivity index (χ3v) is 2.83. The number of nitrogens with one attached hydrogen (secondary N) is 3. The Morgan fingerprint density at radius 2 is 2.23 bits per heavy atom. The van der Waals surface area contributed by atoms with Crippen LogP contribution in [-0.2, 0) is 9.59 Å². The number of aromatic amines is 1. The zero-order valence-corrected chi connectivity index (χ0v) is 13.1. The number of H-pyrrole nitrogens is 1. The summed E-state index contributed by atoms with van der Waals surface area (Å²) < 4.78 is 0. The van der Waals surface area contributed by atoms with Crippen LogP contribution in [-0.4, -0.2) is 40.6 Å². The molecule has 1 aromatic rings. The van der Waals surface area contributed by atoms with Gasteiger partial charge in [0, 0.05) is 24.9 Å². The molecule has 0 radical (unpaired) electrons. The van der Waals surface area contributed by atoms with E-state index in [1.807, 2.05) is 20.8 Å². The van der Waals surface area contributed by atoms with E-state index in [0.29, 0.717) is 18.5 Å². The van der Waals surface area contributed by atoms with Crippen molar-refractivity contribution < 1.29 is 9.59 Å². The second-order valence-electron chi connectivity index (χ2n) is 4.34. The van der Waals surface area contributed by atoms with Gasteiger partial charge in [-0.1, -0.05) is 13.8 Å². The van der Waals surface area contributed by atoms with Crippen LogP contribution in [0.25, 0.3) is 5.57 Å². The topological polar surface area (TPSA) is 115 Å². The zero-order valence-electron chi connectivity index (χ0n) is 13.1. The van der Waals surface area contributed by atoms with Crippen molar-refractivity contribution in [3.63, 3.8) is 0 Å². The minimum Gasteiger partial charge on any atom is -0.348 e. The van der Waals surface area contributed by atoms with Gasteiger partial charge in [0.05, 0.1) is 5.69 Å². The standard InChI is InChI=1S/C11H15N7O2.C2H6/c1-7-5-8(9-3-4-12-15-9)10(11(20)14-7)18(2)17-16-13-6-19;1-2/h3-4,6-7H,5H2,1-2H3,(H,12,15)(H,14,20)(H,13,17,19);1-2H3. The van der Waals surface area contributed by atoms with Gasteiger partial charge in [-0.05, 0) is 29.9 Å². The molecule has 9 nitrogen and oxygen atoms in total. The highest BCUT2D eigenvalue weighted by atomic mass is 16.2. The first kappa shape index (κ1) is 17.3. The fourth-order valence-corrected chi connectivity index (χ4v) is 2.05. The number of likely N-dealkylation sites (N-methyl/N-ethyl adjacent to an activating group) is 1. The Kier molecular flexibility index (Phi) is 6.74. The molecule has 0 saturated heterocycles. The molecule has 1 aromatic heterocycles. The van der Waals surface area contributed by atoms with E-state index in [2.05, 4.69) is 31.4 Å². The van der Waals surface area contributed by atoms with Gasteiger partial charge in [-0.15, -0.1) is 0 Å². The van der Waals surface area contributed by atoms with Crippen LogP contribution >= 0.6 is 0 Å². The molecule has 120 valence electrons. The average molecular weight is 307 g/mol. The number of carbonyl (C=O) groups excluding carboxylic acids is 2. The van der Waals surface area contributed by atoms with E-state index in [4.69, 9.17) is 0 Å². The summed E-state index contributed by atoms with van der Waals surface area (Å²) in [5.74, 6) is -0.249. The number of amides is 2. The van der Waals surface area contributed by atoms with Gasteiger partial charge in [-0.2, -0.15) is 5.10 Å². The minimum atomic E-state index is -0.249. The maximum absolute atomic E-state index is 12.1. The molecule has 2 rings (SSSR count). The highest BCUT2D eigenvalue weighted by molar-refractivity contribution is 6.02. The summed E-state index contributed by atoms with van der Waals surface area (Å²) in [6.45, 7) is 5.92. The van der Waals surface area contributed by atoms with Gasteiger partial charge in [-0.3, -0.25) is 14.7 Å². The van der Waals surface area contributed by atoms with Gasteiger partial charge < -0.3 is 5.32 Å². The second-order valence-corrected chi connectivity index (χ2v) is 4.34. The summed E-state index contributed by atoms with van der Waals surface area (Å²) in [7, 11) is 1.58. The van der Waals surface area contributed by atoms with E-state index in [1.165, 1.54) is 5.01 Å². The molecule has 0 saturated carbocycles. The van der Waals surface area contributed by atoms with Crippen molar-refractivity contribution >= 4 is 17.9 Å². The second kappa shape index (κ2) is 8.55. The van der Waals surface area contributed by atoms with Gasteiger partial charge >= 0.3 is 0 Å². The third kappa shape index (κ3) is 4.14. The summed E-state index contributed by atoms with van der Waals surface area (Å²) in [4.78, 5) is 22.3. The van der Waals surface area contributed by atoms with Crippen LogP contribution in [0.5, 0.6) is 0 Å². The molecular weight excluding hydrogens is 286 g/mol. The van der Waals surface area contributed by atoms with E-state index in [1.54, 1.807) is 19.3 Å². The Morgan fingerprint density at radius 1 is 1.50 bits per heavy atom. The predicted octanol–water partition coefficient (Wildman–Crippen LogP) is 1.02. The lowest BCUT2D eigenvalue weighted by atomic mass is 9.97. The number of rotatable bonds is 5. The molecule has 0 spiro atoms. The lowest BCUT2D eigenvalue weighted by Gasteiger charge is -2.27. The van der Waals surface area contributed by atoms with Gasteiger partial charge in [0.1, 0.15) is 5.70 Å². The lowest BCUT2D eigenvalue weighted by molar-refractivity contribution is -0.119. The van der Waals surface area contributed by atoms with E-state index >= 15 is 0 Å². The molecular formula is C13H21N7O2. The number of hydrogen-bond acceptors (Lipinski definition) is 5. The Labute approximate surface area is 128 Å². The molecule has 0 fully saturated rings. The van der Waals surface area contributed by atoms with Crippen molar-refractivity contribution in [1.82, 2.24) is 25.9 Å². The largest absolute Gasteiger partial charge is 0.348 e. The van der Waals surface area contributed by atoms with Gasteiger partial charge in [0.25, 0.3) is 5.91 Å². The minimum absolute atomic E-state index is 0.0167. The molecule has 9 heteroatoms. The van der Waals surface area contributed by atoms with E-state index in [0.717, 1.165) is 11.3 Å². The highest BCUT2D eigenvalue weighted by Gasteiger charge is 2.28. The Morgan fingerprint density at radius 3 is 2.82 bits per heavy atom. The zero-order chi connectivity index (χ0) is 16.5.